The van der Waals surface area contributed by atoms with Gasteiger partial charge >= 0.3 is 0 Å². The number of ether oxygens (including phenoxy) is 1. The van der Waals surface area contributed by atoms with Crippen LogP contribution in [0.5, 0.6) is 11.5 Å². The molecule has 0 bridgehead atoms. The lowest BCUT2D eigenvalue weighted by Gasteiger charge is -2.07. The van der Waals surface area contributed by atoms with E-state index in [1.807, 2.05) is 72.1 Å². The lowest BCUT2D eigenvalue weighted by molar-refractivity contribution is 0.102. The number of nitrogens with zero attached hydrogens (tertiary/aromatic N) is 1. The maximum absolute atomic E-state index is 12.8. The first-order valence-corrected chi connectivity index (χ1v) is 11.4. The molecule has 0 aliphatic carbocycles. The molecule has 0 aliphatic heterocycles. The van der Waals surface area contributed by atoms with Gasteiger partial charge in [0.25, 0.3) is 5.91 Å². The monoisotopic (exact) mass is 448 g/mol. The molecule has 1 aromatic heterocycles. The number of aromatic nitrogens is 1. The third kappa shape index (κ3) is 5.00. The molecule has 4 aromatic carbocycles. The fourth-order valence-electron chi connectivity index (χ4n) is 3.42. The summed E-state index contributed by atoms with van der Waals surface area (Å²) in [6.45, 7) is 0. The van der Waals surface area contributed by atoms with Gasteiger partial charge in [0.1, 0.15) is 11.5 Å². The number of rotatable bonds is 6. The summed E-state index contributed by atoms with van der Waals surface area (Å²) < 4.78 is 5.83. The summed E-state index contributed by atoms with van der Waals surface area (Å²) in [4.78, 5) is 17.4. The summed E-state index contributed by atoms with van der Waals surface area (Å²) in [6.07, 6.45) is 0. The van der Waals surface area contributed by atoms with Crippen molar-refractivity contribution in [1.29, 1.82) is 0 Å². The Morgan fingerprint density at radius 2 is 1.33 bits per heavy atom. The maximum Gasteiger partial charge on any atom is 0.257 e. The largest absolute Gasteiger partial charge is 0.457 e. The standard InChI is InChI=1S/C28H20N2O2S/c31-27(23-10-7-13-25(18-23)32-24-11-5-2-6-12-24)30-28-29-26(19-33-28)22-16-14-21(15-17-22)20-8-3-1-4-9-20/h1-19H,(H,29,30,31). The van der Waals surface area contributed by atoms with Gasteiger partial charge in [-0.15, -0.1) is 11.3 Å². The van der Waals surface area contributed by atoms with Gasteiger partial charge < -0.3 is 4.74 Å². The lowest BCUT2D eigenvalue weighted by Crippen LogP contribution is -2.11. The van der Waals surface area contributed by atoms with Crippen LogP contribution in [-0.2, 0) is 0 Å². The van der Waals surface area contributed by atoms with E-state index in [0.717, 1.165) is 22.6 Å². The van der Waals surface area contributed by atoms with E-state index in [4.69, 9.17) is 4.74 Å². The van der Waals surface area contributed by atoms with Gasteiger partial charge in [0.15, 0.2) is 5.13 Å². The fraction of sp³-hybridized carbons (Fsp3) is 0. The number of amides is 1. The summed E-state index contributed by atoms with van der Waals surface area (Å²) in [6, 6.07) is 35.1. The Labute approximate surface area is 196 Å². The Hall–Kier alpha value is -4.22. The van der Waals surface area contributed by atoms with E-state index in [9.17, 15) is 4.79 Å². The third-order valence-corrected chi connectivity index (χ3v) is 5.85. The first kappa shape index (κ1) is 20.7. The molecule has 0 saturated heterocycles. The predicted molar refractivity (Wildman–Crippen MR) is 134 cm³/mol. The topological polar surface area (TPSA) is 51.2 Å². The van der Waals surface area contributed by atoms with Crippen molar-refractivity contribution in [3.63, 3.8) is 0 Å². The molecule has 5 aromatic rings. The van der Waals surface area contributed by atoms with Crippen LogP contribution in [0.15, 0.2) is 115 Å². The predicted octanol–water partition coefficient (Wildman–Crippen LogP) is 7.52. The van der Waals surface area contributed by atoms with Crippen molar-refractivity contribution in [3.05, 3.63) is 120 Å². The molecule has 5 rings (SSSR count). The quantitative estimate of drug-likeness (QED) is 0.292. The number of nitrogens with one attached hydrogen (secondary N) is 1. The van der Waals surface area contributed by atoms with Gasteiger partial charge in [0, 0.05) is 16.5 Å². The zero-order valence-electron chi connectivity index (χ0n) is 17.6. The van der Waals surface area contributed by atoms with Gasteiger partial charge in [-0.3, -0.25) is 10.1 Å². The molecule has 0 atom stereocenters. The van der Waals surface area contributed by atoms with E-state index in [2.05, 4.69) is 34.6 Å². The lowest BCUT2D eigenvalue weighted by atomic mass is 10.0. The van der Waals surface area contributed by atoms with Gasteiger partial charge in [-0.1, -0.05) is 78.9 Å². The molecule has 0 aliphatic rings. The van der Waals surface area contributed by atoms with E-state index in [1.54, 1.807) is 18.2 Å². The van der Waals surface area contributed by atoms with Crippen LogP contribution in [-0.4, -0.2) is 10.9 Å². The zero-order valence-corrected chi connectivity index (χ0v) is 18.5. The Morgan fingerprint density at radius 1 is 0.697 bits per heavy atom. The number of hydrogen-bond acceptors (Lipinski definition) is 4. The molecule has 1 amide bonds. The molecule has 4 nitrogen and oxygen atoms in total. The number of para-hydroxylation sites is 1. The molecular formula is C28H20N2O2S. The number of benzene rings is 4. The molecule has 160 valence electrons. The van der Waals surface area contributed by atoms with E-state index in [-0.39, 0.29) is 5.91 Å². The number of thiazole rings is 1. The highest BCUT2D eigenvalue weighted by Crippen LogP contribution is 2.28. The van der Waals surface area contributed by atoms with Crippen molar-refractivity contribution >= 4 is 22.4 Å². The van der Waals surface area contributed by atoms with Crippen molar-refractivity contribution < 1.29 is 9.53 Å². The van der Waals surface area contributed by atoms with Crippen molar-refractivity contribution in [2.75, 3.05) is 5.32 Å². The summed E-state index contributed by atoms with van der Waals surface area (Å²) in [5.74, 6) is 1.10. The fourth-order valence-corrected chi connectivity index (χ4v) is 4.14. The number of carbonyl (C=O) groups excluding carboxylic acids is 1. The van der Waals surface area contributed by atoms with Gasteiger partial charge in [-0.05, 0) is 41.5 Å². The molecular weight excluding hydrogens is 428 g/mol. The Bertz CT molecular complexity index is 1360. The van der Waals surface area contributed by atoms with Crippen molar-refractivity contribution in [2.24, 2.45) is 0 Å². The summed E-state index contributed by atoms with van der Waals surface area (Å²) in [5.41, 5.74) is 4.67. The first-order chi connectivity index (χ1) is 16.2. The summed E-state index contributed by atoms with van der Waals surface area (Å²) in [5, 5.41) is 5.39. The summed E-state index contributed by atoms with van der Waals surface area (Å²) in [7, 11) is 0. The van der Waals surface area contributed by atoms with Gasteiger partial charge in [0.2, 0.25) is 0 Å². The molecule has 0 radical (unpaired) electrons. The second-order valence-electron chi connectivity index (χ2n) is 7.38. The highest BCUT2D eigenvalue weighted by molar-refractivity contribution is 7.14. The van der Waals surface area contributed by atoms with Gasteiger partial charge in [-0.25, -0.2) is 4.98 Å². The number of anilines is 1. The highest BCUT2D eigenvalue weighted by Gasteiger charge is 2.11. The van der Waals surface area contributed by atoms with Crippen LogP contribution in [0.25, 0.3) is 22.4 Å². The van der Waals surface area contributed by atoms with Crippen LogP contribution in [0, 0.1) is 0 Å². The molecule has 1 N–H and O–H groups in total. The maximum atomic E-state index is 12.8. The SMILES string of the molecule is O=C(Nc1nc(-c2ccc(-c3ccccc3)cc2)cs1)c1cccc(Oc2ccccc2)c1. The minimum absolute atomic E-state index is 0.228. The second-order valence-corrected chi connectivity index (χ2v) is 8.24. The van der Waals surface area contributed by atoms with E-state index in [1.165, 1.54) is 16.9 Å². The Kier molecular flexibility index (Phi) is 5.95. The summed E-state index contributed by atoms with van der Waals surface area (Å²) >= 11 is 1.40. The third-order valence-electron chi connectivity index (χ3n) is 5.09. The van der Waals surface area contributed by atoms with E-state index < -0.39 is 0 Å². The molecule has 33 heavy (non-hydrogen) atoms. The van der Waals surface area contributed by atoms with Crippen LogP contribution < -0.4 is 10.1 Å². The van der Waals surface area contributed by atoms with Crippen LogP contribution >= 0.6 is 11.3 Å². The highest BCUT2D eigenvalue weighted by atomic mass is 32.1. The Morgan fingerprint density at radius 3 is 2.09 bits per heavy atom. The van der Waals surface area contributed by atoms with Crippen LogP contribution in [0.1, 0.15) is 10.4 Å². The molecule has 0 fully saturated rings. The smallest absolute Gasteiger partial charge is 0.257 e. The molecule has 0 saturated carbocycles. The normalized spacial score (nSPS) is 10.5. The van der Waals surface area contributed by atoms with Crippen LogP contribution in [0.2, 0.25) is 0 Å². The van der Waals surface area contributed by atoms with Crippen LogP contribution in [0.3, 0.4) is 0 Å². The van der Waals surface area contributed by atoms with E-state index in [0.29, 0.717) is 16.4 Å². The van der Waals surface area contributed by atoms with Gasteiger partial charge in [-0.2, -0.15) is 0 Å². The van der Waals surface area contributed by atoms with E-state index >= 15 is 0 Å². The van der Waals surface area contributed by atoms with Crippen molar-refractivity contribution in [2.45, 2.75) is 0 Å². The van der Waals surface area contributed by atoms with Crippen LogP contribution in [0.4, 0.5) is 5.13 Å². The van der Waals surface area contributed by atoms with Gasteiger partial charge in [0.05, 0.1) is 5.69 Å². The minimum Gasteiger partial charge on any atom is -0.457 e. The zero-order chi connectivity index (χ0) is 22.5. The van der Waals surface area contributed by atoms with Crippen molar-refractivity contribution in [3.8, 4) is 33.9 Å². The molecule has 0 unspecified atom stereocenters. The second kappa shape index (κ2) is 9.51. The molecule has 5 heteroatoms. The number of hydrogen-bond donors (Lipinski definition) is 1. The molecule has 0 spiro atoms. The minimum atomic E-state index is -0.228. The van der Waals surface area contributed by atoms with Crippen molar-refractivity contribution in [1.82, 2.24) is 4.98 Å². The molecule has 1 heterocycles. The average Bonchev–Trinajstić information content (AvgIpc) is 3.34. The average molecular weight is 449 g/mol. The number of carbonyl (C=O) groups is 1. The Balaban J connectivity index is 1.27. The first-order valence-electron chi connectivity index (χ1n) is 10.5.